The smallest absolute Gasteiger partial charge is 0.234 e. The monoisotopic (exact) mass is 369 g/mol. The van der Waals surface area contributed by atoms with E-state index in [9.17, 15) is 0 Å². The van der Waals surface area contributed by atoms with Crippen LogP contribution in [-0.4, -0.2) is 4.57 Å². The van der Waals surface area contributed by atoms with Gasteiger partial charge in [-0.25, -0.2) is 9.13 Å². The van der Waals surface area contributed by atoms with Gasteiger partial charge in [0, 0.05) is 6.42 Å². The van der Waals surface area contributed by atoms with Gasteiger partial charge >= 0.3 is 0 Å². The molecule has 0 aliphatic rings. The molecule has 2 nitrogen and oxygen atoms in total. The van der Waals surface area contributed by atoms with Crippen LogP contribution >= 0.6 is 0 Å². The number of nitrogens with zero attached hydrogens (tertiary/aromatic N) is 2. The second-order valence-electron chi connectivity index (χ2n) is 7.95. The Morgan fingerprint density at radius 1 is 0.741 bits per heavy atom. The molecule has 0 fully saturated rings. The van der Waals surface area contributed by atoms with Crippen LogP contribution in [0.4, 0.5) is 0 Å². The molecule has 1 heterocycles. The number of aromatic nitrogens is 2. The van der Waals surface area contributed by atoms with Gasteiger partial charge in [0.2, 0.25) is 0 Å². The number of hydrogen-bond donors (Lipinski definition) is 0. The number of hydrogen-bond acceptors (Lipinski definition) is 0. The van der Waals surface area contributed by atoms with Gasteiger partial charge in [0.15, 0.2) is 0 Å². The largest absolute Gasteiger partial charge is 0.256 e. The first-order valence-electron chi connectivity index (χ1n) is 11.5. The van der Waals surface area contributed by atoms with E-state index in [1.54, 1.807) is 0 Å². The lowest BCUT2D eigenvalue weighted by atomic mass is 10.1. The van der Waals surface area contributed by atoms with Crippen molar-refractivity contribution in [3.8, 4) is 0 Å². The molecule has 0 amide bonds. The summed E-state index contributed by atoms with van der Waals surface area (Å²) in [6, 6.07) is 10.9. The number of benzene rings is 1. The Kier molecular flexibility index (Phi) is 10.9. The van der Waals surface area contributed by atoms with Gasteiger partial charge in [-0.15, -0.1) is 0 Å². The maximum Gasteiger partial charge on any atom is 0.256 e. The fourth-order valence-corrected chi connectivity index (χ4v) is 3.86. The molecule has 0 unspecified atom stereocenters. The predicted molar refractivity (Wildman–Crippen MR) is 116 cm³/mol. The molecule has 2 aromatic rings. The zero-order chi connectivity index (χ0) is 19.2. The van der Waals surface area contributed by atoms with Gasteiger partial charge < -0.3 is 0 Å². The lowest BCUT2D eigenvalue weighted by molar-refractivity contribution is -0.695. The summed E-state index contributed by atoms with van der Waals surface area (Å²) in [7, 11) is 0. The summed E-state index contributed by atoms with van der Waals surface area (Å²) in [4.78, 5) is 0. The van der Waals surface area contributed by atoms with Crippen molar-refractivity contribution >= 4 is 0 Å². The standard InChI is InChI=1S/C25H41N2/c1-3-5-7-9-10-11-15-19-25-26(20-16-8-6-4-2)21-22-27(25)23-24-17-13-12-14-18-24/h12-14,17-18,21-22H,3-11,15-16,19-20,23H2,1-2H3/q+1. The third-order valence-electron chi connectivity index (χ3n) is 5.54. The highest BCUT2D eigenvalue weighted by Crippen LogP contribution is 2.11. The normalized spacial score (nSPS) is 11.2. The van der Waals surface area contributed by atoms with E-state index in [1.807, 2.05) is 0 Å². The Hall–Kier alpha value is -1.57. The lowest BCUT2D eigenvalue weighted by Crippen LogP contribution is -2.37. The molecule has 0 saturated carbocycles. The third-order valence-corrected chi connectivity index (χ3v) is 5.54. The van der Waals surface area contributed by atoms with Crippen molar-refractivity contribution in [3.63, 3.8) is 0 Å². The molecule has 2 rings (SSSR count). The van der Waals surface area contributed by atoms with Crippen molar-refractivity contribution in [1.82, 2.24) is 4.57 Å². The SMILES string of the molecule is CCCCCCCCCc1n(CCCCCC)cc[n+]1Cc1ccccc1. The van der Waals surface area contributed by atoms with Crippen molar-refractivity contribution in [3.05, 3.63) is 54.1 Å². The van der Waals surface area contributed by atoms with E-state index in [0.717, 1.165) is 6.54 Å². The van der Waals surface area contributed by atoms with Crippen molar-refractivity contribution in [2.24, 2.45) is 0 Å². The van der Waals surface area contributed by atoms with Crippen LogP contribution in [0.5, 0.6) is 0 Å². The highest BCUT2D eigenvalue weighted by molar-refractivity contribution is 5.13. The van der Waals surface area contributed by atoms with E-state index in [-0.39, 0.29) is 0 Å². The van der Waals surface area contributed by atoms with Gasteiger partial charge in [-0.05, 0) is 24.8 Å². The van der Waals surface area contributed by atoms with E-state index < -0.39 is 0 Å². The van der Waals surface area contributed by atoms with Gasteiger partial charge in [-0.2, -0.15) is 0 Å². The van der Waals surface area contributed by atoms with Crippen LogP contribution in [-0.2, 0) is 19.5 Å². The summed E-state index contributed by atoms with van der Waals surface area (Å²) in [5, 5.41) is 0. The van der Waals surface area contributed by atoms with E-state index in [4.69, 9.17) is 0 Å². The van der Waals surface area contributed by atoms with Crippen LogP contribution in [0.2, 0.25) is 0 Å². The quantitative estimate of drug-likeness (QED) is 0.244. The van der Waals surface area contributed by atoms with E-state index in [0.29, 0.717) is 0 Å². The fraction of sp³-hybridized carbons (Fsp3) is 0.640. The maximum atomic E-state index is 2.52. The van der Waals surface area contributed by atoms with E-state index in [1.165, 1.54) is 95.0 Å². The Morgan fingerprint density at radius 3 is 2.07 bits per heavy atom. The molecule has 150 valence electrons. The summed E-state index contributed by atoms with van der Waals surface area (Å²) in [6.07, 6.45) is 20.8. The minimum Gasteiger partial charge on any atom is -0.234 e. The summed E-state index contributed by atoms with van der Waals surface area (Å²) >= 11 is 0. The molecule has 27 heavy (non-hydrogen) atoms. The van der Waals surface area contributed by atoms with Gasteiger partial charge in [-0.3, -0.25) is 0 Å². The molecule has 0 aliphatic heterocycles. The molecule has 0 N–H and O–H groups in total. The van der Waals surface area contributed by atoms with Crippen LogP contribution in [0.3, 0.4) is 0 Å². The molecular formula is C25H41N2+. The Balaban J connectivity index is 1.91. The molecule has 0 radical (unpaired) electrons. The van der Waals surface area contributed by atoms with Crippen LogP contribution in [0, 0.1) is 0 Å². The van der Waals surface area contributed by atoms with Crippen LogP contribution < -0.4 is 4.57 Å². The number of aryl methyl sites for hydroxylation is 1. The first-order valence-corrected chi connectivity index (χ1v) is 11.5. The van der Waals surface area contributed by atoms with Crippen LogP contribution in [0.15, 0.2) is 42.7 Å². The zero-order valence-corrected chi connectivity index (χ0v) is 17.8. The summed E-state index contributed by atoms with van der Waals surface area (Å²) in [5.41, 5.74) is 1.40. The van der Waals surface area contributed by atoms with Gasteiger partial charge in [-0.1, -0.05) is 95.5 Å². The average Bonchev–Trinajstić information content (AvgIpc) is 3.07. The van der Waals surface area contributed by atoms with Crippen molar-refractivity contribution in [2.45, 2.75) is 104 Å². The average molecular weight is 370 g/mol. The molecule has 0 atom stereocenters. The molecular weight excluding hydrogens is 328 g/mol. The molecule has 1 aromatic heterocycles. The number of rotatable bonds is 15. The topological polar surface area (TPSA) is 8.81 Å². The Bertz CT molecular complexity index is 600. The molecule has 2 heteroatoms. The highest BCUT2D eigenvalue weighted by Gasteiger charge is 2.16. The minimum atomic E-state index is 0.995. The Morgan fingerprint density at radius 2 is 1.37 bits per heavy atom. The van der Waals surface area contributed by atoms with Gasteiger partial charge in [0.25, 0.3) is 5.82 Å². The van der Waals surface area contributed by atoms with Crippen LogP contribution in [0.1, 0.15) is 95.9 Å². The van der Waals surface area contributed by atoms with Crippen molar-refractivity contribution in [2.75, 3.05) is 0 Å². The first-order chi connectivity index (χ1) is 13.3. The third kappa shape index (κ3) is 8.32. The number of unbranched alkanes of at least 4 members (excludes halogenated alkanes) is 9. The van der Waals surface area contributed by atoms with Crippen molar-refractivity contribution in [1.29, 1.82) is 0 Å². The van der Waals surface area contributed by atoms with E-state index >= 15 is 0 Å². The van der Waals surface area contributed by atoms with E-state index in [2.05, 4.69) is 65.7 Å². The highest BCUT2D eigenvalue weighted by atomic mass is 15.1. The second-order valence-corrected chi connectivity index (χ2v) is 7.95. The van der Waals surface area contributed by atoms with Crippen LogP contribution in [0.25, 0.3) is 0 Å². The fourth-order valence-electron chi connectivity index (χ4n) is 3.86. The first kappa shape index (κ1) is 21.7. The molecule has 0 spiro atoms. The predicted octanol–water partition coefficient (Wildman–Crippen LogP) is 6.70. The minimum absolute atomic E-state index is 0.995. The lowest BCUT2D eigenvalue weighted by Gasteiger charge is -2.06. The molecule has 0 aliphatic carbocycles. The maximum absolute atomic E-state index is 2.52. The van der Waals surface area contributed by atoms with Gasteiger partial charge in [0.05, 0.1) is 6.54 Å². The zero-order valence-electron chi connectivity index (χ0n) is 17.8. The summed E-state index contributed by atoms with van der Waals surface area (Å²) < 4.78 is 5.00. The van der Waals surface area contributed by atoms with Crippen molar-refractivity contribution < 1.29 is 4.57 Å². The summed E-state index contributed by atoms with van der Waals surface area (Å²) in [5.74, 6) is 1.52. The molecule has 1 aromatic carbocycles. The Labute approximate surface area is 167 Å². The summed E-state index contributed by atoms with van der Waals surface area (Å²) in [6.45, 7) is 6.75. The molecule has 0 bridgehead atoms. The number of imidazole rings is 1. The molecule has 0 saturated heterocycles. The van der Waals surface area contributed by atoms with Gasteiger partial charge in [0.1, 0.15) is 18.9 Å². The second kappa shape index (κ2) is 13.6.